The fraction of sp³-hybridized carbons (Fsp3) is 0.304. The van der Waals surface area contributed by atoms with Crippen LogP contribution in [0.1, 0.15) is 45.4 Å². The van der Waals surface area contributed by atoms with Gasteiger partial charge in [0.25, 0.3) is 5.91 Å². The largest absolute Gasteiger partial charge is 0.337 e. The zero-order chi connectivity index (χ0) is 20.3. The zero-order valence-corrected chi connectivity index (χ0v) is 17.6. The van der Waals surface area contributed by atoms with Crippen molar-refractivity contribution in [1.29, 1.82) is 0 Å². The third-order valence-corrected chi connectivity index (χ3v) is 5.44. The van der Waals surface area contributed by atoms with Crippen LogP contribution in [0.5, 0.6) is 0 Å². The van der Waals surface area contributed by atoms with Gasteiger partial charge < -0.3 is 4.90 Å². The van der Waals surface area contributed by atoms with E-state index in [-0.39, 0.29) is 5.91 Å². The number of rotatable bonds is 6. The predicted octanol–water partition coefficient (Wildman–Crippen LogP) is 5.04. The molecule has 146 valence electrons. The van der Waals surface area contributed by atoms with Crippen molar-refractivity contribution in [2.24, 2.45) is 0 Å². The first-order chi connectivity index (χ1) is 13.4. The smallest absolute Gasteiger partial charge is 0.257 e. The second kappa shape index (κ2) is 8.61. The van der Waals surface area contributed by atoms with Crippen molar-refractivity contribution in [3.05, 3.63) is 87.2 Å². The van der Waals surface area contributed by atoms with E-state index in [0.29, 0.717) is 23.7 Å². The molecule has 3 rings (SSSR count). The highest BCUT2D eigenvalue weighted by Gasteiger charge is 2.22. The molecule has 0 bridgehead atoms. The highest BCUT2D eigenvalue weighted by atomic mass is 35.5. The van der Waals surface area contributed by atoms with Crippen molar-refractivity contribution in [1.82, 2.24) is 14.7 Å². The van der Waals surface area contributed by atoms with Gasteiger partial charge in [-0.2, -0.15) is 5.10 Å². The van der Waals surface area contributed by atoms with Crippen LogP contribution in [0.3, 0.4) is 0 Å². The fourth-order valence-corrected chi connectivity index (χ4v) is 3.56. The van der Waals surface area contributed by atoms with Crippen LogP contribution in [0, 0.1) is 13.8 Å². The van der Waals surface area contributed by atoms with Crippen molar-refractivity contribution in [3.8, 4) is 0 Å². The number of hydrogen-bond acceptors (Lipinski definition) is 2. The van der Waals surface area contributed by atoms with Gasteiger partial charge in [0.2, 0.25) is 0 Å². The van der Waals surface area contributed by atoms with Gasteiger partial charge in [0.05, 0.1) is 17.8 Å². The minimum Gasteiger partial charge on any atom is -0.337 e. The van der Waals surface area contributed by atoms with Gasteiger partial charge in [0, 0.05) is 24.3 Å². The lowest BCUT2D eigenvalue weighted by Gasteiger charge is -2.18. The molecule has 1 amide bonds. The minimum atomic E-state index is -0.0139. The molecule has 0 N–H and O–H groups in total. The molecule has 0 unspecified atom stereocenters. The summed E-state index contributed by atoms with van der Waals surface area (Å²) in [6.07, 6.45) is 1.01. The number of aryl methyl sites for hydroxylation is 2. The van der Waals surface area contributed by atoms with Crippen LogP contribution in [-0.2, 0) is 19.5 Å². The third-order valence-electron chi connectivity index (χ3n) is 5.07. The molecule has 0 aliphatic carbocycles. The molecule has 1 heterocycles. The summed E-state index contributed by atoms with van der Waals surface area (Å²) >= 11 is 6.28. The standard InChI is InChI=1S/C23H26ClN3O/c1-5-18-10-12-19(13-11-18)14-26(4)23(28)22-16(2)25-27(17(22)3)15-20-8-6-7-9-21(20)24/h6-13H,5,14-15H2,1-4H3. The molecule has 2 aromatic carbocycles. The number of carbonyl (C=O) groups is 1. The van der Waals surface area contributed by atoms with Crippen LogP contribution >= 0.6 is 11.6 Å². The SMILES string of the molecule is CCc1ccc(CN(C)C(=O)c2c(C)nn(Cc3ccccc3Cl)c2C)cc1. The molecular weight excluding hydrogens is 370 g/mol. The Bertz CT molecular complexity index is 976. The van der Waals surface area contributed by atoms with E-state index in [9.17, 15) is 4.79 Å². The maximum absolute atomic E-state index is 13.1. The average Bonchev–Trinajstić information content (AvgIpc) is 2.96. The lowest BCUT2D eigenvalue weighted by atomic mass is 10.1. The highest BCUT2D eigenvalue weighted by Crippen LogP contribution is 2.21. The number of halogens is 1. The van der Waals surface area contributed by atoms with E-state index in [1.807, 2.05) is 49.8 Å². The number of hydrogen-bond donors (Lipinski definition) is 0. The summed E-state index contributed by atoms with van der Waals surface area (Å²) in [7, 11) is 1.83. The van der Waals surface area contributed by atoms with Gasteiger partial charge in [-0.05, 0) is 43.0 Å². The average molecular weight is 396 g/mol. The molecule has 0 radical (unpaired) electrons. The van der Waals surface area contributed by atoms with Crippen LogP contribution in [0.2, 0.25) is 5.02 Å². The molecule has 5 heteroatoms. The Labute approximate surface area is 171 Å². The highest BCUT2D eigenvalue weighted by molar-refractivity contribution is 6.31. The first-order valence-corrected chi connectivity index (χ1v) is 9.89. The lowest BCUT2D eigenvalue weighted by molar-refractivity contribution is 0.0783. The Hall–Kier alpha value is -2.59. The first kappa shape index (κ1) is 20.2. The number of amides is 1. The van der Waals surface area contributed by atoms with Crippen molar-refractivity contribution in [3.63, 3.8) is 0 Å². The summed E-state index contributed by atoms with van der Waals surface area (Å²) in [5.74, 6) is -0.0139. The predicted molar refractivity (Wildman–Crippen MR) is 114 cm³/mol. The Balaban J connectivity index is 1.79. The lowest BCUT2D eigenvalue weighted by Crippen LogP contribution is -2.27. The second-order valence-electron chi connectivity index (χ2n) is 7.13. The van der Waals surface area contributed by atoms with E-state index >= 15 is 0 Å². The quantitative estimate of drug-likeness (QED) is 0.586. The van der Waals surface area contributed by atoms with Crippen LogP contribution < -0.4 is 0 Å². The third kappa shape index (κ3) is 4.28. The van der Waals surface area contributed by atoms with Gasteiger partial charge in [0.1, 0.15) is 0 Å². The Morgan fingerprint density at radius 2 is 1.71 bits per heavy atom. The van der Waals surface area contributed by atoms with Gasteiger partial charge in [-0.1, -0.05) is 61.0 Å². The van der Waals surface area contributed by atoms with E-state index < -0.39 is 0 Å². The minimum absolute atomic E-state index is 0.0139. The summed E-state index contributed by atoms with van der Waals surface area (Å²) in [6, 6.07) is 16.1. The molecule has 0 aliphatic rings. The first-order valence-electron chi connectivity index (χ1n) is 9.51. The Kier molecular flexibility index (Phi) is 6.20. The van der Waals surface area contributed by atoms with Gasteiger partial charge in [-0.15, -0.1) is 0 Å². The second-order valence-corrected chi connectivity index (χ2v) is 7.53. The number of aromatic nitrogens is 2. The molecule has 0 spiro atoms. The summed E-state index contributed by atoms with van der Waals surface area (Å²) < 4.78 is 1.85. The van der Waals surface area contributed by atoms with Crippen molar-refractivity contribution in [2.45, 2.75) is 40.3 Å². The van der Waals surface area contributed by atoms with E-state index in [1.54, 1.807) is 4.90 Å². The topological polar surface area (TPSA) is 38.1 Å². The number of benzene rings is 2. The Morgan fingerprint density at radius 1 is 1.07 bits per heavy atom. The van der Waals surface area contributed by atoms with E-state index in [1.165, 1.54) is 5.56 Å². The monoisotopic (exact) mass is 395 g/mol. The zero-order valence-electron chi connectivity index (χ0n) is 16.9. The molecule has 0 fully saturated rings. The molecule has 1 aromatic heterocycles. The molecule has 28 heavy (non-hydrogen) atoms. The number of carbonyl (C=O) groups excluding carboxylic acids is 1. The van der Waals surface area contributed by atoms with Crippen molar-refractivity contribution >= 4 is 17.5 Å². The van der Waals surface area contributed by atoms with E-state index in [0.717, 1.165) is 28.9 Å². The van der Waals surface area contributed by atoms with Gasteiger partial charge >= 0.3 is 0 Å². The molecule has 4 nitrogen and oxygen atoms in total. The van der Waals surface area contributed by atoms with Crippen molar-refractivity contribution in [2.75, 3.05) is 7.05 Å². The molecule has 0 atom stereocenters. The van der Waals surface area contributed by atoms with E-state index in [4.69, 9.17) is 11.6 Å². The van der Waals surface area contributed by atoms with Gasteiger partial charge in [-0.25, -0.2) is 0 Å². The van der Waals surface area contributed by atoms with Crippen LogP contribution in [0.25, 0.3) is 0 Å². The summed E-state index contributed by atoms with van der Waals surface area (Å²) in [6.45, 7) is 7.07. The summed E-state index contributed by atoms with van der Waals surface area (Å²) in [5.41, 5.74) is 5.66. The maximum Gasteiger partial charge on any atom is 0.257 e. The maximum atomic E-state index is 13.1. The molecular formula is C23H26ClN3O. The van der Waals surface area contributed by atoms with Gasteiger partial charge in [-0.3, -0.25) is 9.48 Å². The summed E-state index contributed by atoms with van der Waals surface area (Å²) in [4.78, 5) is 14.8. The van der Waals surface area contributed by atoms with Gasteiger partial charge in [0.15, 0.2) is 0 Å². The molecule has 0 saturated carbocycles. The molecule has 0 aliphatic heterocycles. The normalized spacial score (nSPS) is 10.9. The van der Waals surface area contributed by atoms with Crippen LogP contribution in [0.4, 0.5) is 0 Å². The van der Waals surface area contributed by atoms with Crippen molar-refractivity contribution < 1.29 is 4.79 Å². The molecule has 3 aromatic rings. The van der Waals surface area contributed by atoms with Crippen LogP contribution in [0.15, 0.2) is 48.5 Å². The molecule has 0 saturated heterocycles. The Morgan fingerprint density at radius 3 is 2.36 bits per heavy atom. The number of nitrogens with zero attached hydrogens (tertiary/aromatic N) is 3. The fourth-order valence-electron chi connectivity index (χ4n) is 3.37. The van der Waals surface area contributed by atoms with E-state index in [2.05, 4.69) is 36.3 Å². The summed E-state index contributed by atoms with van der Waals surface area (Å²) in [5, 5.41) is 5.29. The van der Waals surface area contributed by atoms with Crippen LogP contribution in [-0.4, -0.2) is 27.6 Å².